The third kappa shape index (κ3) is 2.31. The maximum Gasteiger partial charge on any atom is 0.227 e. The first-order chi connectivity index (χ1) is 8.74. The molecule has 18 heavy (non-hydrogen) atoms. The maximum atomic E-state index is 12.2. The molecule has 3 rings (SSSR count). The highest BCUT2D eigenvalue weighted by Gasteiger charge is 2.40. The normalized spacial score (nSPS) is 31.4. The summed E-state index contributed by atoms with van der Waals surface area (Å²) >= 11 is 1.64. The number of fused-ring (bicyclic) bond motifs is 1. The Morgan fingerprint density at radius 2 is 2.33 bits per heavy atom. The van der Waals surface area contributed by atoms with Crippen LogP contribution in [0.15, 0.2) is 17.5 Å². The molecule has 1 saturated heterocycles. The van der Waals surface area contributed by atoms with Crippen molar-refractivity contribution in [2.75, 3.05) is 13.1 Å². The Morgan fingerprint density at radius 3 is 3.06 bits per heavy atom. The van der Waals surface area contributed by atoms with Gasteiger partial charge in [-0.3, -0.25) is 4.79 Å². The van der Waals surface area contributed by atoms with Crippen LogP contribution in [0.25, 0.3) is 0 Å². The second kappa shape index (κ2) is 5.02. The molecule has 3 nitrogen and oxygen atoms in total. The number of aliphatic hydroxyl groups is 1. The first kappa shape index (κ1) is 12.2. The molecule has 4 heteroatoms. The summed E-state index contributed by atoms with van der Waals surface area (Å²) in [6.45, 7) is 1.61. The van der Waals surface area contributed by atoms with E-state index in [2.05, 4.69) is 0 Å². The molecule has 1 saturated carbocycles. The number of amides is 1. The summed E-state index contributed by atoms with van der Waals surface area (Å²) in [5, 5.41) is 12.0. The highest BCUT2D eigenvalue weighted by Crippen LogP contribution is 2.36. The van der Waals surface area contributed by atoms with Crippen LogP contribution >= 0.6 is 11.3 Å². The zero-order valence-corrected chi connectivity index (χ0v) is 11.2. The summed E-state index contributed by atoms with van der Waals surface area (Å²) in [7, 11) is 0. The van der Waals surface area contributed by atoms with Crippen LogP contribution in [0.1, 0.15) is 24.1 Å². The zero-order chi connectivity index (χ0) is 12.5. The number of hydrogen-bond donors (Lipinski definition) is 1. The van der Waals surface area contributed by atoms with Crippen LogP contribution in [0.3, 0.4) is 0 Å². The average molecular weight is 265 g/mol. The Balaban J connectivity index is 1.62. The van der Waals surface area contributed by atoms with Crippen molar-refractivity contribution in [3.05, 3.63) is 22.4 Å². The molecule has 1 aromatic heterocycles. The smallest absolute Gasteiger partial charge is 0.227 e. The minimum atomic E-state index is -0.191. The molecular weight excluding hydrogens is 246 g/mol. The van der Waals surface area contributed by atoms with Gasteiger partial charge in [-0.1, -0.05) is 12.5 Å². The molecule has 1 aliphatic heterocycles. The van der Waals surface area contributed by atoms with Crippen LogP contribution in [0.2, 0.25) is 0 Å². The quantitative estimate of drug-likeness (QED) is 0.887. The summed E-state index contributed by atoms with van der Waals surface area (Å²) in [4.78, 5) is 15.3. The lowest BCUT2D eigenvalue weighted by Crippen LogP contribution is -2.32. The number of nitrogens with zero attached hydrogens (tertiary/aromatic N) is 1. The number of likely N-dealkylation sites (tertiary alicyclic amines) is 1. The monoisotopic (exact) mass is 265 g/mol. The Morgan fingerprint density at radius 1 is 1.44 bits per heavy atom. The van der Waals surface area contributed by atoms with Crippen molar-refractivity contribution in [1.82, 2.24) is 4.90 Å². The summed E-state index contributed by atoms with van der Waals surface area (Å²) < 4.78 is 0. The van der Waals surface area contributed by atoms with Crippen molar-refractivity contribution in [2.45, 2.75) is 31.8 Å². The molecule has 3 unspecified atom stereocenters. The van der Waals surface area contributed by atoms with Gasteiger partial charge in [0.1, 0.15) is 0 Å². The molecule has 2 heterocycles. The summed E-state index contributed by atoms with van der Waals surface area (Å²) in [5.74, 6) is 1.08. The van der Waals surface area contributed by atoms with E-state index < -0.39 is 0 Å². The van der Waals surface area contributed by atoms with E-state index >= 15 is 0 Å². The number of aliphatic hydroxyl groups excluding tert-OH is 1. The van der Waals surface area contributed by atoms with E-state index in [1.807, 2.05) is 22.4 Å². The Labute approximate surface area is 111 Å². The third-order valence-corrected chi connectivity index (χ3v) is 5.20. The van der Waals surface area contributed by atoms with Crippen LogP contribution in [-0.2, 0) is 11.2 Å². The van der Waals surface area contributed by atoms with Crippen LogP contribution in [-0.4, -0.2) is 35.1 Å². The molecular formula is C14H19NO2S. The second-order valence-electron chi connectivity index (χ2n) is 5.48. The Kier molecular flexibility index (Phi) is 3.39. The molecule has 0 aromatic carbocycles. The van der Waals surface area contributed by atoms with Crippen molar-refractivity contribution >= 4 is 17.2 Å². The van der Waals surface area contributed by atoms with Gasteiger partial charge in [0.05, 0.1) is 12.5 Å². The third-order valence-electron chi connectivity index (χ3n) is 4.32. The highest BCUT2D eigenvalue weighted by molar-refractivity contribution is 7.10. The molecule has 98 valence electrons. The van der Waals surface area contributed by atoms with Gasteiger partial charge in [-0.15, -0.1) is 11.3 Å². The van der Waals surface area contributed by atoms with E-state index in [-0.39, 0.29) is 12.0 Å². The van der Waals surface area contributed by atoms with Crippen LogP contribution in [0, 0.1) is 11.8 Å². The van der Waals surface area contributed by atoms with Crippen molar-refractivity contribution in [1.29, 1.82) is 0 Å². The van der Waals surface area contributed by atoms with Gasteiger partial charge in [0.25, 0.3) is 0 Å². The number of rotatable bonds is 2. The van der Waals surface area contributed by atoms with Crippen LogP contribution < -0.4 is 0 Å². The Bertz CT molecular complexity index is 417. The lowest BCUT2D eigenvalue weighted by Gasteiger charge is -2.28. The van der Waals surface area contributed by atoms with Crippen LogP contribution in [0.4, 0.5) is 0 Å². The predicted molar refractivity (Wildman–Crippen MR) is 71.4 cm³/mol. The van der Waals surface area contributed by atoms with E-state index in [1.54, 1.807) is 11.3 Å². The fourth-order valence-corrected chi connectivity index (χ4v) is 4.01. The van der Waals surface area contributed by atoms with Gasteiger partial charge in [0.2, 0.25) is 5.91 Å². The standard InChI is InChI=1S/C14H19NO2S/c16-13-5-1-3-10-8-15(9-12(10)13)14(17)7-11-4-2-6-18-11/h2,4,6,10,12-13,16H,1,3,5,7-9H2. The molecule has 1 N–H and O–H groups in total. The lowest BCUT2D eigenvalue weighted by atomic mass is 9.80. The minimum absolute atomic E-state index is 0.191. The van der Waals surface area contributed by atoms with Crippen molar-refractivity contribution in [3.63, 3.8) is 0 Å². The molecule has 1 aromatic rings. The van der Waals surface area contributed by atoms with Gasteiger partial charge < -0.3 is 10.0 Å². The molecule has 1 aliphatic carbocycles. The van der Waals surface area contributed by atoms with Gasteiger partial charge in [-0.05, 0) is 30.2 Å². The molecule has 1 amide bonds. The SMILES string of the molecule is O=C(Cc1cccs1)N1CC2CCCC(O)C2C1. The predicted octanol–water partition coefficient (Wildman–Crippen LogP) is 1.91. The topological polar surface area (TPSA) is 40.5 Å². The minimum Gasteiger partial charge on any atom is -0.393 e. The van der Waals surface area contributed by atoms with Gasteiger partial charge in [0.15, 0.2) is 0 Å². The highest BCUT2D eigenvalue weighted by atomic mass is 32.1. The molecule has 2 fully saturated rings. The van der Waals surface area contributed by atoms with Gasteiger partial charge >= 0.3 is 0 Å². The van der Waals surface area contributed by atoms with E-state index in [0.717, 1.165) is 30.8 Å². The first-order valence-electron chi connectivity index (χ1n) is 6.72. The number of thiophene rings is 1. The molecule has 0 spiro atoms. The largest absolute Gasteiger partial charge is 0.393 e. The number of hydrogen-bond acceptors (Lipinski definition) is 3. The maximum absolute atomic E-state index is 12.2. The number of carbonyl (C=O) groups is 1. The fourth-order valence-electron chi connectivity index (χ4n) is 3.32. The van der Waals surface area contributed by atoms with Gasteiger partial charge in [-0.25, -0.2) is 0 Å². The Hall–Kier alpha value is -0.870. The molecule has 3 atom stereocenters. The van der Waals surface area contributed by atoms with E-state index in [0.29, 0.717) is 18.3 Å². The first-order valence-corrected chi connectivity index (χ1v) is 7.60. The molecule has 2 aliphatic rings. The second-order valence-corrected chi connectivity index (χ2v) is 6.51. The fraction of sp³-hybridized carbons (Fsp3) is 0.643. The van der Waals surface area contributed by atoms with Crippen LogP contribution in [0.5, 0.6) is 0 Å². The van der Waals surface area contributed by atoms with E-state index in [1.165, 1.54) is 6.42 Å². The molecule has 0 bridgehead atoms. The summed E-state index contributed by atoms with van der Waals surface area (Å²) in [6.07, 6.45) is 3.52. The molecule has 0 radical (unpaired) electrons. The average Bonchev–Trinajstić information content (AvgIpc) is 2.97. The van der Waals surface area contributed by atoms with E-state index in [4.69, 9.17) is 0 Å². The summed E-state index contributed by atoms with van der Waals surface area (Å²) in [6, 6.07) is 4.00. The van der Waals surface area contributed by atoms with Crippen molar-refractivity contribution < 1.29 is 9.90 Å². The van der Waals surface area contributed by atoms with Crippen molar-refractivity contribution in [3.8, 4) is 0 Å². The lowest BCUT2D eigenvalue weighted by molar-refractivity contribution is -0.129. The zero-order valence-electron chi connectivity index (χ0n) is 10.4. The van der Waals surface area contributed by atoms with Gasteiger partial charge in [0, 0.05) is 23.9 Å². The van der Waals surface area contributed by atoms with Crippen molar-refractivity contribution in [2.24, 2.45) is 11.8 Å². The van der Waals surface area contributed by atoms with Gasteiger partial charge in [-0.2, -0.15) is 0 Å². The number of carbonyl (C=O) groups excluding carboxylic acids is 1. The van der Waals surface area contributed by atoms with E-state index in [9.17, 15) is 9.90 Å². The summed E-state index contributed by atoms with van der Waals surface area (Å²) in [5.41, 5.74) is 0.